The van der Waals surface area contributed by atoms with Crippen LogP contribution in [0.15, 0.2) is 35.3 Å². The molecule has 0 bridgehead atoms. The molecule has 2 rings (SSSR count). The molecule has 2 atom stereocenters. The number of nitrogens with one attached hydrogen (secondary N) is 3. The first-order valence-electron chi connectivity index (χ1n) is 10.0. The first kappa shape index (κ1) is 25.2. The van der Waals surface area contributed by atoms with Crippen molar-refractivity contribution in [3.8, 4) is 0 Å². The summed E-state index contributed by atoms with van der Waals surface area (Å²) in [7, 11) is 1.74. The van der Waals surface area contributed by atoms with Crippen LogP contribution in [0.3, 0.4) is 0 Å². The van der Waals surface area contributed by atoms with Crippen molar-refractivity contribution >= 4 is 41.9 Å². The highest BCUT2D eigenvalue weighted by Gasteiger charge is 2.45. The van der Waals surface area contributed by atoms with Crippen molar-refractivity contribution < 1.29 is 9.59 Å². The number of hydrogen-bond donors (Lipinski definition) is 3. The van der Waals surface area contributed by atoms with Crippen molar-refractivity contribution in [2.24, 2.45) is 4.99 Å². The number of urea groups is 1. The molecule has 1 heterocycles. The van der Waals surface area contributed by atoms with Crippen LogP contribution in [0.25, 0.3) is 0 Å². The summed E-state index contributed by atoms with van der Waals surface area (Å²) in [4.78, 5) is 30.0. The summed E-state index contributed by atoms with van der Waals surface area (Å²) in [5.41, 5.74) is 0.558. The Morgan fingerprint density at radius 2 is 1.97 bits per heavy atom. The molecule has 1 saturated heterocycles. The molecule has 7 nitrogen and oxygen atoms in total. The molecule has 1 aromatic rings. The van der Waals surface area contributed by atoms with Crippen molar-refractivity contribution in [3.63, 3.8) is 0 Å². The highest BCUT2D eigenvalue weighted by Crippen LogP contribution is 2.20. The fraction of sp³-hybridized carbons (Fsp3) is 0.571. The third kappa shape index (κ3) is 7.17. The summed E-state index contributed by atoms with van der Waals surface area (Å²) in [6.07, 6.45) is 3.26. The van der Waals surface area contributed by atoms with E-state index in [1.54, 1.807) is 14.0 Å². The van der Waals surface area contributed by atoms with E-state index in [4.69, 9.17) is 0 Å². The number of amides is 3. The molecule has 0 spiro atoms. The Morgan fingerprint density at radius 1 is 1.28 bits per heavy atom. The maximum atomic E-state index is 12.4. The number of nitrogens with zero attached hydrogens (tertiary/aromatic N) is 2. The van der Waals surface area contributed by atoms with E-state index in [0.29, 0.717) is 25.9 Å². The maximum absolute atomic E-state index is 12.4. The fourth-order valence-electron chi connectivity index (χ4n) is 3.16. The van der Waals surface area contributed by atoms with Crippen LogP contribution >= 0.6 is 24.0 Å². The Labute approximate surface area is 191 Å². The van der Waals surface area contributed by atoms with E-state index >= 15 is 0 Å². The average Bonchev–Trinajstić information content (AvgIpc) is 2.92. The van der Waals surface area contributed by atoms with E-state index in [-0.39, 0.29) is 42.0 Å². The number of carbonyl (C=O) groups is 2. The largest absolute Gasteiger partial charge is 0.356 e. The predicted molar refractivity (Wildman–Crippen MR) is 128 cm³/mol. The van der Waals surface area contributed by atoms with Gasteiger partial charge in [-0.1, -0.05) is 37.3 Å². The van der Waals surface area contributed by atoms with Crippen LogP contribution in [0, 0.1) is 0 Å². The molecule has 0 saturated carbocycles. The van der Waals surface area contributed by atoms with Gasteiger partial charge in [0.05, 0.1) is 0 Å². The zero-order valence-corrected chi connectivity index (χ0v) is 20.2. The van der Waals surface area contributed by atoms with Gasteiger partial charge in [-0.3, -0.25) is 14.7 Å². The van der Waals surface area contributed by atoms with E-state index in [1.807, 2.05) is 13.0 Å². The van der Waals surface area contributed by atoms with Gasteiger partial charge in [0.15, 0.2) is 5.96 Å². The van der Waals surface area contributed by atoms with Gasteiger partial charge in [0, 0.05) is 26.2 Å². The number of aryl methyl sites for hydroxylation is 1. The van der Waals surface area contributed by atoms with E-state index in [9.17, 15) is 9.59 Å². The third-order valence-electron chi connectivity index (χ3n) is 5.22. The van der Waals surface area contributed by atoms with Crippen molar-refractivity contribution in [1.82, 2.24) is 20.9 Å². The lowest BCUT2D eigenvalue weighted by atomic mass is 9.99. The molecule has 0 radical (unpaired) electrons. The number of aliphatic imine (C=N–C) groups is 1. The average molecular weight is 515 g/mol. The van der Waals surface area contributed by atoms with Gasteiger partial charge in [0.25, 0.3) is 5.91 Å². The van der Waals surface area contributed by atoms with Crippen molar-refractivity contribution in [1.29, 1.82) is 0 Å². The molecule has 0 aromatic heterocycles. The normalized spacial score (nSPS) is 20.1. The van der Waals surface area contributed by atoms with Gasteiger partial charge in [0.2, 0.25) is 0 Å². The molecular formula is C21H34IN5O2. The second-order valence-corrected chi connectivity index (χ2v) is 7.49. The number of hydrogen-bond acceptors (Lipinski definition) is 3. The molecule has 3 amide bonds. The number of carbonyl (C=O) groups excluding carboxylic acids is 2. The molecule has 1 fully saturated rings. The molecule has 1 aromatic carbocycles. The van der Waals surface area contributed by atoms with Gasteiger partial charge in [-0.25, -0.2) is 4.79 Å². The van der Waals surface area contributed by atoms with Gasteiger partial charge < -0.3 is 16.0 Å². The van der Waals surface area contributed by atoms with Gasteiger partial charge >= 0.3 is 6.03 Å². The minimum absolute atomic E-state index is 0. The molecule has 29 heavy (non-hydrogen) atoms. The van der Waals surface area contributed by atoms with Crippen LogP contribution in [0.5, 0.6) is 0 Å². The highest BCUT2D eigenvalue weighted by molar-refractivity contribution is 14.0. The molecule has 162 valence electrons. The molecule has 3 N–H and O–H groups in total. The molecule has 8 heteroatoms. The van der Waals surface area contributed by atoms with Gasteiger partial charge in [-0.2, -0.15) is 0 Å². The van der Waals surface area contributed by atoms with E-state index < -0.39 is 5.54 Å². The number of benzene rings is 1. The van der Waals surface area contributed by atoms with Crippen LogP contribution in [0.4, 0.5) is 4.79 Å². The second-order valence-electron chi connectivity index (χ2n) is 7.49. The first-order chi connectivity index (χ1) is 13.4. The Morgan fingerprint density at radius 3 is 2.55 bits per heavy atom. The standard InChI is InChI=1S/C21H33N5O2.HI/c1-5-21(3)18(27)26(20(28)25-21)15-9-14-23-19(22-4)24-16(2)12-13-17-10-7-6-8-11-17;/h6-8,10-11,16H,5,9,12-15H2,1-4H3,(H,25,28)(H2,22,23,24);1H. The lowest BCUT2D eigenvalue weighted by Crippen LogP contribution is -2.44. The lowest BCUT2D eigenvalue weighted by molar-refractivity contribution is -0.130. The maximum Gasteiger partial charge on any atom is 0.325 e. The van der Waals surface area contributed by atoms with Gasteiger partial charge in [0.1, 0.15) is 5.54 Å². The quantitative estimate of drug-likeness (QED) is 0.155. The predicted octanol–water partition coefficient (Wildman–Crippen LogP) is 2.90. The van der Waals surface area contributed by atoms with E-state index in [0.717, 1.165) is 18.8 Å². The summed E-state index contributed by atoms with van der Waals surface area (Å²) < 4.78 is 0. The highest BCUT2D eigenvalue weighted by atomic mass is 127. The van der Waals surface area contributed by atoms with E-state index in [2.05, 4.69) is 52.1 Å². The Hall–Kier alpha value is -1.84. The number of halogens is 1. The second kappa shape index (κ2) is 12.0. The smallest absolute Gasteiger partial charge is 0.325 e. The van der Waals surface area contributed by atoms with Gasteiger partial charge in [-0.15, -0.1) is 24.0 Å². The number of rotatable bonds is 9. The van der Waals surface area contributed by atoms with Crippen LogP contribution in [0.1, 0.15) is 45.6 Å². The summed E-state index contributed by atoms with van der Waals surface area (Å²) >= 11 is 0. The Kier molecular flexibility index (Phi) is 10.4. The number of imide groups is 1. The SMILES string of the molecule is CCC1(C)NC(=O)N(CCCNC(=NC)NC(C)CCc2ccccc2)C1=O.I. The van der Waals surface area contributed by atoms with Crippen molar-refractivity contribution in [2.75, 3.05) is 20.1 Å². The lowest BCUT2D eigenvalue weighted by Gasteiger charge is -2.20. The topological polar surface area (TPSA) is 85.8 Å². The van der Waals surface area contributed by atoms with Crippen molar-refractivity contribution in [2.45, 2.75) is 58.0 Å². The molecule has 0 aliphatic carbocycles. The van der Waals surface area contributed by atoms with Crippen LogP contribution in [-0.2, 0) is 11.2 Å². The van der Waals surface area contributed by atoms with Crippen molar-refractivity contribution in [3.05, 3.63) is 35.9 Å². The van der Waals surface area contributed by atoms with Crippen LogP contribution < -0.4 is 16.0 Å². The minimum atomic E-state index is -0.768. The third-order valence-corrected chi connectivity index (χ3v) is 5.22. The number of guanidine groups is 1. The monoisotopic (exact) mass is 515 g/mol. The summed E-state index contributed by atoms with van der Waals surface area (Å²) in [6.45, 7) is 6.83. The first-order valence-corrected chi connectivity index (χ1v) is 10.0. The van der Waals surface area contributed by atoms with E-state index in [1.165, 1.54) is 10.5 Å². The zero-order chi connectivity index (χ0) is 20.6. The molecule has 2 unspecified atom stereocenters. The Balaban J connectivity index is 0.00000420. The summed E-state index contributed by atoms with van der Waals surface area (Å²) in [5, 5.41) is 9.42. The van der Waals surface area contributed by atoms with Crippen LogP contribution in [0.2, 0.25) is 0 Å². The van der Waals surface area contributed by atoms with Gasteiger partial charge in [-0.05, 0) is 45.1 Å². The summed E-state index contributed by atoms with van der Waals surface area (Å²) in [6, 6.07) is 10.4. The minimum Gasteiger partial charge on any atom is -0.356 e. The molecule has 1 aliphatic heterocycles. The molecule has 1 aliphatic rings. The zero-order valence-electron chi connectivity index (χ0n) is 17.8. The summed E-state index contributed by atoms with van der Waals surface area (Å²) in [5.74, 6) is 0.591. The van der Waals surface area contributed by atoms with Crippen LogP contribution in [-0.4, -0.2) is 54.5 Å². The Bertz CT molecular complexity index is 698. The molecular weight excluding hydrogens is 481 g/mol. The fourth-order valence-corrected chi connectivity index (χ4v) is 3.16.